The average molecular weight is 451 g/mol. The number of fused-ring (bicyclic) bond motifs is 1. The number of nitrogens with zero attached hydrogens (tertiary/aromatic N) is 6. The molecule has 0 unspecified atom stereocenters. The number of hydrogen-bond acceptors (Lipinski definition) is 9. The third kappa shape index (κ3) is 4.49. The van der Waals surface area contributed by atoms with E-state index in [0.29, 0.717) is 17.1 Å². The summed E-state index contributed by atoms with van der Waals surface area (Å²) in [6, 6.07) is 6.22. The molecule has 33 heavy (non-hydrogen) atoms. The second-order valence-electron chi connectivity index (χ2n) is 8.65. The van der Waals surface area contributed by atoms with Gasteiger partial charge in [0.05, 0.1) is 25.2 Å². The van der Waals surface area contributed by atoms with Crippen molar-refractivity contribution in [3.8, 4) is 5.75 Å². The van der Waals surface area contributed by atoms with Crippen LogP contribution in [0.15, 0.2) is 35.4 Å². The van der Waals surface area contributed by atoms with Crippen molar-refractivity contribution in [2.75, 3.05) is 63.6 Å². The van der Waals surface area contributed by atoms with Crippen molar-refractivity contribution in [3.05, 3.63) is 40.9 Å². The molecular weight excluding hydrogens is 420 g/mol. The lowest BCUT2D eigenvalue weighted by atomic mass is 10.1. The van der Waals surface area contributed by atoms with Gasteiger partial charge in [0.25, 0.3) is 5.56 Å². The molecule has 4 heterocycles. The zero-order valence-corrected chi connectivity index (χ0v) is 19.1. The topological polar surface area (TPSA) is 100 Å². The Morgan fingerprint density at radius 3 is 2.64 bits per heavy atom. The van der Waals surface area contributed by atoms with E-state index < -0.39 is 0 Å². The molecule has 0 saturated carbocycles. The zero-order valence-electron chi connectivity index (χ0n) is 19.1. The minimum Gasteiger partial charge on any atom is -0.494 e. The van der Waals surface area contributed by atoms with Crippen LogP contribution < -0.4 is 25.8 Å². The molecule has 2 aromatic heterocycles. The maximum atomic E-state index is 12.7. The largest absolute Gasteiger partial charge is 0.494 e. The van der Waals surface area contributed by atoms with E-state index in [-0.39, 0.29) is 11.6 Å². The summed E-state index contributed by atoms with van der Waals surface area (Å²) < 4.78 is 7.43. The van der Waals surface area contributed by atoms with Crippen molar-refractivity contribution in [3.63, 3.8) is 0 Å². The highest BCUT2D eigenvalue weighted by Crippen LogP contribution is 2.32. The molecule has 0 bridgehead atoms. The van der Waals surface area contributed by atoms with Gasteiger partial charge in [0, 0.05) is 44.0 Å². The third-order valence-electron chi connectivity index (χ3n) is 6.50. The third-order valence-corrected chi connectivity index (χ3v) is 6.50. The molecule has 2 N–H and O–H groups in total. The lowest BCUT2D eigenvalue weighted by Crippen LogP contribution is -2.44. The van der Waals surface area contributed by atoms with Gasteiger partial charge in [0.2, 0.25) is 5.95 Å². The number of piperazine rings is 1. The van der Waals surface area contributed by atoms with E-state index in [0.717, 1.165) is 69.2 Å². The van der Waals surface area contributed by atoms with Crippen LogP contribution in [0, 0.1) is 0 Å². The van der Waals surface area contributed by atoms with Gasteiger partial charge in [0.1, 0.15) is 11.3 Å². The van der Waals surface area contributed by atoms with Crippen LogP contribution in [0.4, 0.5) is 17.3 Å². The monoisotopic (exact) mass is 450 g/mol. The fraction of sp³-hybridized carbons (Fsp3) is 0.478. The molecule has 1 aromatic carbocycles. The highest BCUT2D eigenvalue weighted by molar-refractivity contribution is 5.73. The lowest BCUT2D eigenvalue weighted by Gasteiger charge is -2.34. The summed E-state index contributed by atoms with van der Waals surface area (Å²) in [5.74, 6) is 1.13. The maximum absolute atomic E-state index is 12.7. The summed E-state index contributed by atoms with van der Waals surface area (Å²) in [5, 5.41) is 6.62. The molecule has 2 saturated heterocycles. The Morgan fingerprint density at radius 2 is 1.88 bits per heavy atom. The molecule has 10 nitrogen and oxygen atoms in total. The first-order chi connectivity index (χ1) is 16.1. The summed E-state index contributed by atoms with van der Waals surface area (Å²) in [6.45, 7) is 5.82. The van der Waals surface area contributed by atoms with E-state index >= 15 is 0 Å². The summed E-state index contributed by atoms with van der Waals surface area (Å²) in [5.41, 5.74) is 2.94. The Labute approximate surface area is 192 Å². The van der Waals surface area contributed by atoms with Gasteiger partial charge in [-0.3, -0.25) is 9.36 Å². The Morgan fingerprint density at radius 1 is 1.09 bits per heavy atom. The number of nitrogens with one attached hydrogen (secondary N) is 2. The normalized spacial score (nSPS) is 17.9. The summed E-state index contributed by atoms with van der Waals surface area (Å²) in [7, 11) is 3.81. The fourth-order valence-corrected chi connectivity index (χ4v) is 4.57. The zero-order chi connectivity index (χ0) is 22.8. The van der Waals surface area contributed by atoms with E-state index in [2.05, 4.69) is 48.5 Å². The molecule has 0 spiro atoms. The second kappa shape index (κ2) is 9.32. The maximum Gasteiger partial charge on any atom is 0.270 e. The fourth-order valence-electron chi connectivity index (χ4n) is 4.57. The van der Waals surface area contributed by atoms with Crippen LogP contribution in [0.3, 0.4) is 0 Å². The first-order valence-electron chi connectivity index (χ1n) is 11.5. The lowest BCUT2D eigenvalue weighted by molar-refractivity contribution is 0.312. The van der Waals surface area contributed by atoms with Gasteiger partial charge in [-0.25, -0.2) is 9.97 Å². The Bertz CT molecular complexity index is 1180. The van der Waals surface area contributed by atoms with Gasteiger partial charge >= 0.3 is 0 Å². The number of benzene rings is 1. The molecule has 5 rings (SSSR count). The number of ether oxygens (including phenoxy) is 1. The van der Waals surface area contributed by atoms with E-state index in [1.54, 1.807) is 17.9 Å². The van der Waals surface area contributed by atoms with Crippen molar-refractivity contribution >= 4 is 28.5 Å². The van der Waals surface area contributed by atoms with Crippen molar-refractivity contribution in [1.82, 2.24) is 29.7 Å². The summed E-state index contributed by atoms with van der Waals surface area (Å²) >= 11 is 0. The Kier molecular flexibility index (Phi) is 6.10. The minimum atomic E-state index is -0.131. The first-order valence-corrected chi connectivity index (χ1v) is 11.5. The molecule has 0 amide bonds. The number of hydrogen-bond donors (Lipinski definition) is 2. The molecular formula is C23H30N8O2. The van der Waals surface area contributed by atoms with Crippen LogP contribution in [0.1, 0.15) is 18.9 Å². The number of methoxy groups -OCH3 is 1. The molecule has 2 fully saturated rings. The van der Waals surface area contributed by atoms with Crippen LogP contribution in [-0.4, -0.2) is 77.8 Å². The van der Waals surface area contributed by atoms with Gasteiger partial charge < -0.3 is 25.2 Å². The smallest absolute Gasteiger partial charge is 0.270 e. The molecule has 0 radical (unpaired) electrons. The molecule has 10 heteroatoms. The van der Waals surface area contributed by atoms with Crippen molar-refractivity contribution in [1.29, 1.82) is 0 Å². The number of aromatic nitrogens is 4. The predicted molar refractivity (Wildman–Crippen MR) is 129 cm³/mol. The highest BCUT2D eigenvalue weighted by atomic mass is 16.5. The average Bonchev–Trinajstić information content (AvgIpc) is 2.85. The van der Waals surface area contributed by atoms with E-state index in [1.807, 2.05) is 12.1 Å². The molecule has 3 aromatic rings. The van der Waals surface area contributed by atoms with Crippen molar-refractivity contribution < 1.29 is 4.74 Å². The molecule has 2 aliphatic heterocycles. The van der Waals surface area contributed by atoms with Crippen molar-refractivity contribution in [2.24, 2.45) is 0 Å². The minimum absolute atomic E-state index is 0.101. The summed E-state index contributed by atoms with van der Waals surface area (Å²) in [6.07, 6.45) is 4.79. The van der Waals surface area contributed by atoms with Crippen LogP contribution >= 0.6 is 0 Å². The van der Waals surface area contributed by atoms with Crippen molar-refractivity contribution in [2.45, 2.75) is 18.9 Å². The van der Waals surface area contributed by atoms with Gasteiger partial charge in [-0.2, -0.15) is 4.98 Å². The standard InChI is InChI=1S/C23H30N8O2/c1-29-9-11-30(12-10-29)17-3-4-18(20(13-17)33-2)27-23-26-14-19-22(28-23)31(21(32)15-25-19)16-5-7-24-8-6-16/h3-4,13-16,24H,5-12H2,1-2H3,(H,26,27,28). The molecule has 0 aliphatic carbocycles. The number of piperidine rings is 1. The SMILES string of the molecule is COc1cc(N2CCN(C)CC2)ccc1Nc1ncc2ncc(=O)n(C3CCNCC3)c2n1. The number of likely N-dealkylation sites (N-methyl/N-ethyl adjacent to an activating group) is 1. The van der Waals surface area contributed by atoms with Gasteiger partial charge in [-0.15, -0.1) is 0 Å². The van der Waals surface area contributed by atoms with Crippen LogP contribution in [-0.2, 0) is 0 Å². The first kappa shape index (κ1) is 21.6. The quantitative estimate of drug-likeness (QED) is 0.600. The molecule has 174 valence electrons. The Balaban J connectivity index is 1.44. The van der Waals surface area contributed by atoms with Crippen LogP contribution in [0.2, 0.25) is 0 Å². The van der Waals surface area contributed by atoms with E-state index in [1.165, 1.54) is 6.20 Å². The van der Waals surface area contributed by atoms with Crippen LogP contribution in [0.25, 0.3) is 11.2 Å². The predicted octanol–water partition coefficient (Wildman–Crippen LogP) is 1.61. The van der Waals surface area contributed by atoms with Gasteiger partial charge in [-0.05, 0) is 45.1 Å². The van der Waals surface area contributed by atoms with Crippen LogP contribution in [0.5, 0.6) is 5.75 Å². The van der Waals surface area contributed by atoms with E-state index in [4.69, 9.17) is 4.74 Å². The van der Waals surface area contributed by atoms with Gasteiger partial charge in [-0.1, -0.05) is 0 Å². The highest BCUT2D eigenvalue weighted by Gasteiger charge is 2.20. The van der Waals surface area contributed by atoms with E-state index in [9.17, 15) is 4.79 Å². The number of anilines is 3. The second-order valence-corrected chi connectivity index (χ2v) is 8.65. The molecule has 0 atom stereocenters. The summed E-state index contributed by atoms with van der Waals surface area (Å²) in [4.78, 5) is 30.7. The number of rotatable bonds is 5. The van der Waals surface area contributed by atoms with Gasteiger partial charge in [0.15, 0.2) is 5.65 Å². The Hall–Kier alpha value is -3.24. The molecule has 2 aliphatic rings.